The molecule has 0 aliphatic carbocycles. The van der Waals surface area contributed by atoms with E-state index < -0.39 is 18.0 Å². The zero-order valence-electron chi connectivity index (χ0n) is 18.1. The molecular weight excluding hydrogens is 449 g/mol. The standard InChI is InChI=1S/C23H19F3N6O2/c1-14(33)30-19-4-3-5-20(34-23(24,25)26)21(19)16-8-6-15(7-9-16)17-10-27-22(28-11-17)31-18-12-29-32(2)13-18/h3-13H,1-2H3,(H,30,33)(H,27,28,31). The molecule has 2 heterocycles. The van der Waals surface area contributed by atoms with Crippen LogP contribution in [0.5, 0.6) is 5.75 Å². The average Bonchev–Trinajstić information content (AvgIpc) is 3.18. The van der Waals surface area contributed by atoms with Gasteiger partial charge in [0.15, 0.2) is 0 Å². The highest BCUT2D eigenvalue weighted by atomic mass is 19.4. The van der Waals surface area contributed by atoms with Gasteiger partial charge in [-0.1, -0.05) is 30.3 Å². The van der Waals surface area contributed by atoms with Gasteiger partial charge in [0.05, 0.1) is 17.6 Å². The number of nitrogens with zero attached hydrogens (tertiary/aromatic N) is 4. The quantitative estimate of drug-likeness (QED) is 0.407. The van der Waals surface area contributed by atoms with E-state index in [0.717, 1.165) is 11.3 Å². The number of hydrogen-bond acceptors (Lipinski definition) is 6. The Morgan fingerprint density at radius 2 is 1.65 bits per heavy atom. The van der Waals surface area contributed by atoms with E-state index in [2.05, 4.69) is 30.4 Å². The van der Waals surface area contributed by atoms with Crippen LogP contribution in [0.1, 0.15) is 6.92 Å². The summed E-state index contributed by atoms with van der Waals surface area (Å²) in [6, 6.07) is 10.8. The van der Waals surface area contributed by atoms with Crippen molar-refractivity contribution in [1.82, 2.24) is 19.7 Å². The predicted octanol–water partition coefficient (Wildman–Crippen LogP) is 5.14. The van der Waals surface area contributed by atoms with Gasteiger partial charge >= 0.3 is 6.36 Å². The van der Waals surface area contributed by atoms with E-state index in [9.17, 15) is 18.0 Å². The van der Waals surface area contributed by atoms with E-state index >= 15 is 0 Å². The number of benzene rings is 2. The van der Waals surface area contributed by atoms with Gasteiger partial charge in [-0.05, 0) is 23.3 Å². The van der Waals surface area contributed by atoms with Crippen molar-refractivity contribution in [2.45, 2.75) is 13.3 Å². The first-order valence-electron chi connectivity index (χ1n) is 10.0. The third-order valence-electron chi connectivity index (χ3n) is 4.68. The summed E-state index contributed by atoms with van der Waals surface area (Å²) in [4.78, 5) is 20.2. The van der Waals surface area contributed by atoms with Gasteiger partial charge in [-0.2, -0.15) is 5.10 Å². The topological polar surface area (TPSA) is 94.0 Å². The minimum Gasteiger partial charge on any atom is -0.405 e. The average molecular weight is 468 g/mol. The molecule has 4 aromatic rings. The van der Waals surface area contributed by atoms with Crippen LogP contribution in [0.2, 0.25) is 0 Å². The van der Waals surface area contributed by atoms with Crippen molar-refractivity contribution in [3.63, 3.8) is 0 Å². The van der Waals surface area contributed by atoms with Gasteiger partial charge in [-0.15, -0.1) is 13.2 Å². The van der Waals surface area contributed by atoms with Crippen molar-refractivity contribution in [3.8, 4) is 28.0 Å². The molecule has 2 aromatic carbocycles. The van der Waals surface area contributed by atoms with E-state index in [4.69, 9.17) is 0 Å². The lowest BCUT2D eigenvalue weighted by molar-refractivity contribution is -0.274. The molecule has 0 saturated heterocycles. The summed E-state index contributed by atoms with van der Waals surface area (Å²) in [7, 11) is 1.80. The van der Waals surface area contributed by atoms with Gasteiger partial charge in [0.2, 0.25) is 11.9 Å². The fourth-order valence-corrected chi connectivity index (χ4v) is 3.32. The highest BCUT2D eigenvalue weighted by Gasteiger charge is 2.32. The summed E-state index contributed by atoms with van der Waals surface area (Å²) in [5, 5.41) is 9.65. The van der Waals surface area contributed by atoms with Gasteiger partial charge in [0.25, 0.3) is 0 Å². The Morgan fingerprint density at radius 1 is 0.971 bits per heavy atom. The maximum atomic E-state index is 13.0. The molecule has 11 heteroatoms. The number of anilines is 3. The number of amides is 1. The molecule has 0 bridgehead atoms. The molecule has 2 N–H and O–H groups in total. The van der Waals surface area contributed by atoms with Crippen LogP contribution in [-0.2, 0) is 11.8 Å². The van der Waals surface area contributed by atoms with E-state index in [1.165, 1.54) is 25.1 Å². The second-order valence-corrected chi connectivity index (χ2v) is 7.31. The van der Waals surface area contributed by atoms with Crippen LogP contribution in [0.25, 0.3) is 22.3 Å². The zero-order valence-corrected chi connectivity index (χ0v) is 18.1. The number of aromatic nitrogens is 4. The molecular formula is C23H19F3N6O2. The highest BCUT2D eigenvalue weighted by molar-refractivity contribution is 5.96. The number of carbonyl (C=O) groups excluding carboxylic acids is 1. The summed E-state index contributed by atoms with van der Waals surface area (Å²) in [5.41, 5.74) is 2.97. The van der Waals surface area contributed by atoms with Crippen LogP contribution in [0.4, 0.5) is 30.5 Å². The third kappa shape index (κ3) is 5.49. The Hall–Kier alpha value is -4.41. The SMILES string of the molecule is CC(=O)Nc1cccc(OC(F)(F)F)c1-c1ccc(-c2cnc(Nc3cnn(C)c3)nc2)cc1. The van der Waals surface area contributed by atoms with Crippen molar-refractivity contribution in [2.24, 2.45) is 7.05 Å². The number of halogens is 3. The predicted molar refractivity (Wildman–Crippen MR) is 120 cm³/mol. The first-order chi connectivity index (χ1) is 16.2. The van der Waals surface area contributed by atoms with Gasteiger partial charge in [-0.25, -0.2) is 9.97 Å². The number of alkyl halides is 3. The molecule has 0 atom stereocenters. The molecule has 0 aliphatic heterocycles. The minimum atomic E-state index is -4.88. The molecule has 34 heavy (non-hydrogen) atoms. The Bertz CT molecular complexity index is 1300. The number of aryl methyl sites for hydroxylation is 1. The van der Waals surface area contributed by atoms with Crippen molar-refractivity contribution in [2.75, 3.05) is 10.6 Å². The normalized spacial score (nSPS) is 11.2. The summed E-state index contributed by atoms with van der Waals surface area (Å²) >= 11 is 0. The van der Waals surface area contributed by atoms with E-state index in [1.807, 2.05) is 0 Å². The van der Waals surface area contributed by atoms with E-state index in [1.54, 1.807) is 60.8 Å². The molecule has 0 spiro atoms. The monoisotopic (exact) mass is 468 g/mol. The Kier molecular flexibility index (Phi) is 6.17. The Labute approximate surface area is 192 Å². The Morgan fingerprint density at radius 3 is 2.24 bits per heavy atom. The largest absolute Gasteiger partial charge is 0.573 e. The summed E-state index contributed by atoms with van der Waals surface area (Å²) < 4.78 is 44.7. The van der Waals surface area contributed by atoms with Gasteiger partial charge in [-0.3, -0.25) is 9.48 Å². The molecule has 8 nitrogen and oxygen atoms in total. The van der Waals surface area contributed by atoms with Gasteiger partial charge in [0, 0.05) is 43.7 Å². The number of ether oxygens (including phenoxy) is 1. The molecule has 174 valence electrons. The van der Waals surface area contributed by atoms with E-state index in [-0.39, 0.29) is 11.3 Å². The van der Waals surface area contributed by atoms with Crippen LogP contribution in [-0.4, -0.2) is 32.0 Å². The Balaban J connectivity index is 1.61. The van der Waals surface area contributed by atoms with Crippen LogP contribution in [0.15, 0.2) is 67.3 Å². The van der Waals surface area contributed by atoms with Crippen LogP contribution >= 0.6 is 0 Å². The number of nitrogens with one attached hydrogen (secondary N) is 2. The fourth-order valence-electron chi connectivity index (χ4n) is 3.32. The second kappa shape index (κ2) is 9.22. The zero-order chi connectivity index (χ0) is 24.3. The fraction of sp³-hybridized carbons (Fsp3) is 0.130. The maximum absolute atomic E-state index is 13.0. The molecule has 0 fully saturated rings. The van der Waals surface area contributed by atoms with Crippen LogP contribution in [0, 0.1) is 0 Å². The number of hydrogen-bond donors (Lipinski definition) is 2. The minimum absolute atomic E-state index is 0.119. The maximum Gasteiger partial charge on any atom is 0.573 e. The number of rotatable bonds is 6. The van der Waals surface area contributed by atoms with E-state index in [0.29, 0.717) is 17.1 Å². The second-order valence-electron chi connectivity index (χ2n) is 7.31. The smallest absolute Gasteiger partial charge is 0.405 e. The van der Waals surface area contributed by atoms with Crippen LogP contribution in [0.3, 0.4) is 0 Å². The van der Waals surface area contributed by atoms with Crippen molar-refractivity contribution in [3.05, 3.63) is 67.3 Å². The molecule has 0 aliphatic rings. The van der Waals surface area contributed by atoms with Gasteiger partial charge in [0.1, 0.15) is 5.75 Å². The number of carbonyl (C=O) groups is 1. The summed E-state index contributed by atoms with van der Waals surface area (Å²) in [5.74, 6) is -0.439. The molecule has 2 aromatic heterocycles. The lowest BCUT2D eigenvalue weighted by Gasteiger charge is -2.17. The first kappa shape index (κ1) is 22.8. The van der Waals surface area contributed by atoms with Crippen molar-refractivity contribution >= 4 is 23.2 Å². The lowest BCUT2D eigenvalue weighted by atomic mass is 9.99. The van der Waals surface area contributed by atoms with Crippen molar-refractivity contribution < 1.29 is 22.7 Å². The lowest BCUT2D eigenvalue weighted by Crippen LogP contribution is -2.18. The molecule has 0 unspecified atom stereocenters. The van der Waals surface area contributed by atoms with Gasteiger partial charge < -0.3 is 15.4 Å². The third-order valence-corrected chi connectivity index (χ3v) is 4.68. The summed E-state index contributed by atoms with van der Waals surface area (Å²) in [6.45, 7) is 1.27. The van der Waals surface area contributed by atoms with Crippen molar-refractivity contribution in [1.29, 1.82) is 0 Å². The summed E-state index contributed by atoms with van der Waals surface area (Å²) in [6.07, 6.45) is 1.80. The molecule has 0 radical (unpaired) electrons. The molecule has 4 rings (SSSR count). The first-order valence-corrected chi connectivity index (χ1v) is 10.0. The molecule has 1 amide bonds. The highest BCUT2D eigenvalue weighted by Crippen LogP contribution is 2.40. The van der Waals surface area contributed by atoms with Crippen LogP contribution < -0.4 is 15.4 Å². The molecule has 0 saturated carbocycles.